The van der Waals surface area contributed by atoms with Crippen molar-refractivity contribution in [2.75, 3.05) is 0 Å². The van der Waals surface area contributed by atoms with E-state index in [4.69, 9.17) is 0 Å². The fourth-order valence-corrected chi connectivity index (χ4v) is 5.24. The summed E-state index contributed by atoms with van der Waals surface area (Å²) in [4.78, 5) is 49.3. The molecule has 3 aromatic heterocycles. The maximum atomic E-state index is 12.8. The molecule has 0 amide bonds. The molecule has 0 saturated heterocycles. The lowest BCUT2D eigenvalue weighted by molar-refractivity contribution is 0.0988. The third-order valence-electron chi connectivity index (χ3n) is 4.96. The zero-order chi connectivity index (χ0) is 20.7. The predicted octanol–water partition coefficient (Wildman–Crippen LogP) is 4.25. The van der Waals surface area contributed by atoms with Crippen LogP contribution >= 0.6 is 23.1 Å². The molecule has 3 heterocycles. The first kappa shape index (κ1) is 20.5. The molecule has 0 bridgehead atoms. The Morgan fingerprint density at radius 2 is 1.82 bits per heavy atom. The number of hydrogen-bond acceptors (Lipinski definition) is 6. The van der Waals surface area contributed by atoms with Crippen molar-refractivity contribution in [3.8, 4) is 0 Å². The van der Waals surface area contributed by atoms with Gasteiger partial charge in [0.15, 0.2) is 11.6 Å². The van der Waals surface area contributed by atoms with Crippen LogP contribution in [0.15, 0.2) is 4.79 Å². The zero-order valence-electron chi connectivity index (χ0n) is 16.8. The van der Waals surface area contributed by atoms with Gasteiger partial charge >= 0.3 is 0 Å². The van der Waals surface area contributed by atoms with Crippen molar-refractivity contribution in [3.05, 3.63) is 49.1 Å². The fraction of sp³-hybridized carbons (Fsp3) is 0.400. The van der Waals surface area contributed by atoms with E-state index in [9.17, 15) is 14.4 Å². The molecule has 3 rings (SSSR count). The van der Waals surface area contributed by atoms with E-state index in [2.05, 4.69) is 15.0 Å². The standard InChI is InChI=1S/C20H23N3O3S2/c1-8-12(5)28-20-16(8)19(26)22-14(23-20)7-27-13(6)18(25)17-9(2)15(11(4)24)10(3)21-17/h13,21H,7H2,1-6H3,(H,22,23,26)/t13-/m1/s1. The summed E-state index contributed by atoms with van der Waals surface area (Å²) >= 11 is 2.92. The highest BCUT2D eigenvalue weighted by Gasteiger charge is 2.24. The summed E-state index contributed by atoms with van der Waals surface area (Å²) < 4.78 is 0. The number of rotatable bonds is 6. The van der Waals surface area contributed by atoms with Gasteiger partial charge in [-0.2, -0.15) is 0 Å². The highest BCUT2D eigenvalue weighted by molar-refractivity contribution is 7.99. The van der Waals surface area contributed by atoms with Crippen molar-refractivity contribution in [1.29, 1.82) is 0 Å². The number of H-pyrrole nitrogens is 2. The Hall–Kier alpha value is -2.19. The van der Waals surface area contributed by atoms with Crippen molar-refractivity contribution in [2.24, 2.45) is 0 Å². The average molecular weight is 418 g/mol. The number of fused-ring (bicyclic) bond motifs is 1. The number of Topliss-reactive ketones (excluding diaryl/α,β-unsaturated/α-hetero) is 2. The molecule has 0 unspecified atom stereocenters. The monoisotopic (exact) mass is 417 g/mol. The molecule has 0 spiro atoms. The highest BCUT2D eigenvalue weighted by Crippen LogP contribution is 2.27. The summed E-state index contributed by atoms with van der Waals surface area (Å²) in [6.07, 6.45) is 0. The van der Waals surface area contributed by atoms with Crippen molar-refractivity contribution in [3.63, 3.8) is 0 Å². The van der Waals surface area contributed by atoms with Crippen LogP contribution in [-0.2, 0) is 5.75 Å². The first-order valence-corrected chi connectivity index (χ1v) is 10.8. The number of nitrogens with zero attached hydrogens (tertiary/aromatic N) is 1. The van der Waals surface area contributed by atoms with Gasteiger partial charge in [-0.05, 0) is 52.7 Å². The maximum Gasteiger partial charge on any atom is 0.259 e. The third kappa shape index (κ3) is 3.58. The summed E-state index contributed by atoms with van der Waals surface area (Å²) in [6, 6.07) is 0. The highest BCUT2D eigenvalue weighted by atomic mass is 32.2. The number of aromatic nitrogens is 3. The molecule has 2 N–H and O–H groups in total. The second-order valence-corrected chi connectivity index (χ2v) is 9.51. The summed E-state index contributed by atoms with van der Waals surface area (Å²) in [5.41, 5.74) is 3.30. The Morgan fingerprint density at radius 1 is 1.14 bits per heavy atom. The van der Waals surface area contributed by atoms with Crippen LogP contribution in [0.25, 0.3) is 10.2 Å². The SMILES string of the molecule is CC(=O)c1c(C)[nH]c(C(=O)[C@@H](C)SCc2nc3sc(C)c(C)c3c(=O)[nH]2)c1C. The maximum absolute atomic E-state index is 12.8. The minimum Gasteiger partial charge on any atom is -0.355 e. The number of thioether (sulfide) groups is 1. The Bertz CT molecular complexity index is 1150. The van der Waals surface area contributed by atoms with Crippen molar-refractivity contribution < 1.29 is 9.59 Å². The van der Waals surface area contributed by atoms with Gasteiger partial charge in [-0.15, -0.1) is 23.1 Å². The van der Waals surface area contributed by atoms with Gasteiger partial charge in [0.1, 0.15) is 10.7 Å². The molecule has 0 aliphatic heterocycles. The molecule has 0 aliphatic carbocycles. The number of aryl methyl sites for hydroxylation is 3. The third-order valence-corrected chi connectivity index (χ3v) is 7.22. The minimum absolute atomic E-state index is 0.0535. The van der Waals surface area contributed by atoms with Crippen LogP contribution in [0.3, 0.4) is 0 Å². The summed E-state index contributed by atoms with van der Waals surface area (Å²) in [6.45, 7) is 10.8. The molecule has 8 heteroatoms. The summed E-state index contributed by atoms with van der Waals surface area (Å²) in [5, 5.41) is 0.305. The van der Waals surface area contributed by atoms with Crippen molar-refractivity contribution >= 4 is 44.9 Å². The summed E-state index contributed by atoms with van der Waals surface area (Å²) in [7, 11) is 0. The lowest BCUT2D eigenvalue weighted by Crippen LogP contribution is -2.17. The van der Waals surface area contributed by atoms with E-state index in [0.29, 0.717) is 39.5 Å². The van der Waals surface area contributed by atoms with E-state index < -0.39 is 0 Å². The van der Waals surface area contributed by atoms with Crippen LogP contribution in [-0.4, -0.2) is 31.8 Å². The van der Waals surface area contributed by atoms with Gasteiger partial charge in [-0.25, -0.2) is 4.98 Å². The van der Waals surface area contributed by atoms with Gasteiger partial charge in [0.05, 0.1) is 22.1 Å². The molecule has 0 aliphatic rings. The van der Waals surface area contributed by atoms with E-state index in [1.807, 2.05) is 20.8 Å². The second kappa shape index (κ2) is 7.67. The van der Waals surface area contributed by atoms with E-state index in [-0.39, 0.29) is 22.4 Å². The Morgan fingerprint density at radius 3 is 2.43 bits per heavy atom. The van der Waals surface area contributed by atoms with Crippen LogP contribution in [0.4, 0.5) is 0 Å². The van der Waals surface area contributed by atoms with E-state index in [1.165, 1.54) is 30.0 Å². The summed E-state index contributed by atoms with van der Waals surface area (Å²) in [5.74, 6) is 0.866. The minimum atomic E-state index is -0.343. The number of carbonyl (C=O) groups is 2. The normalized spacial score (nSPS) is 12.5. The molecule has 0 saturated carbocycles. The molecule has 0 radical (unpaired) electrons. The molecule has 3 aromatic rings. The van der Waals surface area contributed by atoms with E-state index in [1.54, 1.807) is 13.8 Å². The fourth-order valence-electron chi connectivity index (χ4n) is 3.37. The first-order valence-electron chi connectivity index (χ1n) is 8.96. The van der Waals surface area contributed by atoms with Crippen LogP contribution < -0.4 is 5.56 Å². The van der Waals surface area contributed by atoms with E-state index in [0.717, 1.165) is 15.3 Å². The molecular weight excluding hydrogens is 394 g/mol. The Balaban J connectivity index is 1.79. The molecule has 148 valence electrons. The number of ketones is 2. The average Bonchev–Trinajstić information content (AvgIpc) is 3.07. The number of thiophene rings is 1. The smallest absolute Gasteiger partial charge is 0.259 e. The van der Waals surface area contributed by atoms with Gasteiger partial charge < -0.3 is 9.97 Å². The Labute approximate surface area is 171 Å². The topological polar surface area (TPSA) is 95.7 Å². The van der Waals surface area contributed by atoms with E-state index >= 15 is 0 Å². The van der Waals surface area contributed by atoms with Crippen LogP contribution in [0.5, 0.6) is 0 Å². The van der Waals surface area contributed by atoms with Crippen LogP contribution in [0.1, 0.15) is 62.2 Å². The quantitative estimate of drug-likeness (QED) is 0.585. The van der Waals surface area contributed by atoms with Gasteiger partial charge in [0.2, 0.25) is 0 Å². The molecule has 0 aromatic carbocycles. The molecule has 1 atom stereocenters. The number of hydrogen-bond donors (Lipinski definition) is 2. The second-order valence-electron chi connectivity index (χ2n) is 6.97. The predicted molar refractivity (Wildman–Crippen MR) is 115 cm³/mol. The molecular formula is C20H23N3O3S2. The lowest BCUT2D eigenvalue weighted by Gasteiger charge is -2.10. The number of carbonyl (C=O) groups excluding carboxylic acids is 2. The van der Waals surface area contributed by atoms with Crippen LogP contribution in [0.2, 0.25) is 0 Å². The van der Waals surface area contributed by atoms with Crippen LogP contribution in [0, 0.1) is 27.7 Å². The molecule has 0 fully saturated rings. The van der Waals surface area contributed by atoms with Gasteiger partial charge in [0, 0.05) is 16.1 Å². The number of nitrogens with one attached hydrogen (secondary N) is 2. The molecule has 6 nitrogen and oxygen atoms in total. The Kier molecular flexibility index (Phi) is 5.63. The molecule has 28 heavy (non-hydrogen) atoms. The van der Waals surface area contributed by atoms with Gasteiger partial charge in [-0.1, -0.05) is 0 Å². The largest absolute Gasteiger partial charge is 0.355 e. The van der Waals surface area contributed by atoms with Crippen molar-refractivity contribution in [1.82, 2.24) is 15.0 Å². The van der Waals surface area contributed by atoms with Crippen molar-refractivity contribution in [2.45, 2.75) is 52.5 Å². The van der Waals surface area contributed by atoms with Gasteiger partial charge in [-0.3, -0.25) is 14.4 Å². The zero-order valence-corrected chi connectivity index (χ0v) is 18.4. The first-order chi connectivity index (χ1) is 13.1. The van der Waals surface area contributed by atoms with Gasteiger partial charge in [0.25, 0.3) is 5.56 Å². The lowest BCUT2D eigenvalue weighted by atomic mass is 10.0. The number of aromatic amines is 2.